The summed E-state index contributed by atoms with van der Waals surface area (Å²) in [5, 5.41) is 5.61. The highest BCUT2D eigenvalue weighted by Gasteiger charge is 2.32. The maximum absolute atomic E-state index is 13.2. The molecular weight excluding hydrogens is 472 g/mol. The number of carbonyl (C=O) groups excluding carboxylic acids is 3. The van der Waals surface area contributed by atoms with E-state index in [1.807, 2.05) is 24.3 Å². The van der Waals surface area contributed by atoms with Gasteiger partial charge in [0.15, 0.2) is 0 Å². The van der Waals surface area contributed by atoms with Crippen molar-refractivity contribution in [1.29, 1.82) is 0 Å². The Balaban J connectivity index is 1.84. The van der Waals surface area contributed by atoms with Crippen molar-refractivity contribution >= 4 is 35.3 Å². The topological polar surface area (TPSA) is 110 Å². The number of benzene rings is 1. The predicted octanol–water partition coefficient (Wildman–Crippen LogP) is 3.29. The van der Waals surface area contributed by atoms with E-state index < -0.39 is 24.1 Å². The normalized spacial score (nSPS) is 15.4. The lowest BCUT2D eigenvalue weighted by Gasteiger charge is -2.24. The fraction of sp³-hybridized carbons (Fsp3) is 0.280. The number of pyridine rings is 1. The van der Waals surface area contributed by atoms with E-state index in [0.29, 0.717) is 18.8 Å². The Hall–Kier alpha value is -3.85. The van der Waals surface area contributed by atoms with Crippen molar-refractivity contribution in [2.45, 2.75) is 25.5 Å². The van der Waals surface area contributed by atoms with Crippen LogP contribution in [0.25, 0.3) is 0 Å². The highest BCUT2D eigenvalue weighted by atomic mass is 35.5. The number of anilines is 1. The number of ether oxygens (including phenoxy) is 2. The maximum Gasteiger partial charge on any atom is 0.407 e. The molecule has 1 aliphatic heterocycles. The van der Waals surface area contributed by atoms with Crippen LogP contribution in [0.1, 0.15) is 22.8 Å². The molecule has 2 atom stereocenters. The van der Waals surface area contributed by atoms with Crippen LogP contribution >= 0.6 is 11.6 Å². The van der Waals surface area contributed by atoms with Crippen LogP contribution in [0.15, 0.2) is 61.7 Å². The number of amides is 3. The number of rotatable bonds is 11. The van der Waals surface area contributed by atoms with Crippen molar-refractivity contribution < 1.29 is 23.9 Å². The molecule has 1 aromatic carbocycles. The first-order chi connectivity index (χ1) is 16.8. The Labute approximate surface area is 208 Å². The van der Waals surface area contributed by atoms with Gasteiger partial charge in [0.1, 0.15) is 29.4 Å². The van der Waals surface area contributed by atoms with Crippen LogP contribution in [-0.4, -0.2) is 54.7 Å². The van der Waals surface area contributed by atoms with Crippen LogP contribution in [0.4, 0.5) is 10.6 Å². The molecule has 9 nitrogen and oxygen atoms in total. The van der Waals surface area contributed by atoms with Crippen LogP contribution in [0.2, 0.25) is 5.15 Å². The molecule has 1 aliphatic rings. The summed E-state index contributed by atoms with van der Waals surface area (Å²) >= 11 is 6.16. The quantitative estimate of drug-likeness (QED) is 0.363. The molecule has 1 saturated heterocycles. The Bertz CT molecular complexity index is 1120. The molecule has 1 aromatic heterocycles. The maximum atomic E-state index is 13.2. The molecular formula is C25H27ClN4O5. The number of cyclic esters (lactones) is 1. The summed E-state index contributed by atoms with van der Waals surface area (Å²) in [6, 6.07) is 9.75. The minimum Gasteiger partial charge on any atom is -0.490 e. The molecule has 3 rings (SSSR count). The zero-order chi connectivity index (χ0) is 25.4. The summed E-state index contributed by atoms with van der Waals surface area (Å²) in [5.74, 6) is 0.162. The first-order valence-electron chi connectivity index (χ1n) is 10.9. The summed E-state index contributed by atoms with van der Waals surface area (Å²) in [6.07, 6.45) is 2.44. The second-order valence-electron chi connectivity index (χ2n) is 7.81. The van der Waals surface area contributed by atoms with E-state index in [-0.39, 0.29) is 35.5 Å². The Morgan fingerprint density at radius 2 is 2.14 bits per heavy atom. The van der Waals surface area contributed by atoms with Crippen molar-refractivity contribution in [3.8, 4) is 5.75 Å². The molecule has 2 aromatic rings. The standard InChI is InChI=1S/C25H27ClN4O5/c1-4-9-30(16(3)31)23-14-18(13-22(26)29-23)24(32)28-20(21-15-27-25(33)35-21)12-17-7-6-8-19(11-17)34-10-5-2/h4-8,11,13-14,20-21H,1-2,9-10,12,15H2,3H3,(H,27,33)(H,28,32). The van der Waals surface area contributed by atoms with E-state index in [2.05, 4.69) is 28.8 Å². The zero-order valence-corrected chi connectivity index (χ0v) is 20.1. The van der Waals surface area contributed by atoms with Crippen LogP contribution in [-0.2, 0) is 16.0 Å². The Morgan fingerprint density at radius 1 is 1.34 bits per heavy atom. The number of carbonyl (C=O) groups is 3. The van der Waals surface area contributed by atoms with E-state index >= 15 is 0 Å². The highest BCUT2D eigenvalue weighted by Crippen LogP contribution is 2.21. The molecule has 184 valence electrons. The largest absolute Gasteiger partial charge is 0.490 e. The lowest BCUT2D eigenvalue weighted by molar-refractivity contribution is -0.116. The first-order valence-corrected chi connectivity index (χ1v) is 11.3. The smallest absolute Gasteiger partial charge is 0.407 e. The van der Waals surface area contributed by atoms with Crippen LogP contribution in [0.5, 0.6) is 5.75 Å². The van der Waals surface area contributed by atoms with Gasteiger partial charge in [0.25, 0.3) is 5.91 Å². The van der Waals surface area contributed by atoms with Crippen LogP contribution < -0.4 is 20.3 Å². The summed E-state index contributed by atoms with van der Waals surface area (Å²) in [6.45, 7) is 9.49. The molecule has 0 saturated carbocycles. The molecule has 0 radical (unpaired) electrons. The summed E-state index contributed by atoms with van der Waals surface area (Å²) in [5.41, 5.74) is 1.09. The van der Waals surface area contributed by atoms with Crippen LogP contribution in [0, 0.1) is 0 Å². The number of aromatic nitrogens is 1. The third-order valence-electron chi connectivity index (χ3n) is 5.20. The number of halogens is 1. The second-order valence-corrected chi connectivity index (χ2v) is 8.20. The summed E-state index contributed by atoms with van der Waals surface area (Å²) < 4.78 is 11.0. The van der Waals surface area contributed by atoms with E-state index in [9.17, 15) is 14.4 Å². The van der Waals surface area contributed by atoms with Crippen molar-refractivity contribution in [2.75, 3.05) is 24.6 Å². The lowest BCUT2D eigenvalue weighted by Crippen LogP contribution is -2.46. The molecule has 0 aliphatic carbocycles. The van der Waals surface area contributed by atoms with Gasteiger partial charge in [0.2, 0.25) is 5.91 Å². The molecule has 0 spiro atoms. The van der Waals surface area contributed by atoms with Gasteiger partial charge in [-0.15, -0.1) is 6.58 Å². The average Bonchev–Trinajstić information content (AvgIpc) is 3.26. The van der Waals surface area contributed by atoms with E-state index in [0.717, 1.165) is 5.56 Å². The van der Waals surface area contributed by atoms with Gasteiger partial charge in [-0.25, -0.2) is 9.78 Å². The molecule has 2 heterocycles. The van der Waals surface area contributed by atoms with Crippen molar-refractivity contribution in [1.82, 2.24) is 15.6 Å². The first kappa shape index (κ1) is 25.8. The lowest BCUT2D eigenvalue weighted by atomic mass is 10.0. The number of hydrogen-bond donors (Lipinski definition) is 2. The molecule has 35 heavy (non-hydrogen) atoms. The van der Waals surface area contributed by atoms with Crippen molar-refractivity contribution in [3.05, 3.63) is 78.0 Å². The van der Waals surface area contributed by atoms with Gasteiger partial charge >= 0.3 is 6.09 Å². The van der Waals surface area contributed by atoms with Crippen molar-refractivity contribution in [2.24, 2.45) is 0 Å². The van der Waals surface area contributed by atoms with E-state index in [1.54, 1.807) is 12.2 Å². The molecule has 3 amide bonds. The average molecular weight is 499 g/mol. The van der Waals surface area contributed by atoms with Gasteiger partial charge in [0, 0.05) is 19.0 Å². The van der Waals surface area contributed by atoms with Gasteiger partial charge in [-0.05, 0) is 36.2 Å². The van der Waals surface area contributed by atoms with Gasteiger partial charge < -0.3 is 20.1 Å². The third-order valence-corrected chi connectivity index (χ3v) is 5.40. The fourth-order valence-electron chi connectivity index (χ4n) is 3.59. The number of nitrogens with one attached hydrogen (secondary N) is 2. The third kappa shape index (κ3) is 7.07. The number of hydrogen-bond acceptors (Lipinski definition) is 6. The van der Waals surface area contributed by atoms with E-state index in [4.69, 9.17) is 21.1 Å². The molecule has 0 bridgehead atoms. The second kappa shape index (κ2) is 12.0. The molecule has 10 heteroatoms. The van der Waals surface area contributed by atoms with Crippen molar-refractivity contribution in [3.63, 3.8) is 0 Å². The van der Waals surface area contributed by atoms with E-state index in [1.165, 1.54) is 24.0 Å². The zero-order valence-electron chi connectivity index (χ0n) is 19.3. The van der Waals surface area contributed by atoms with Gasteiger partial charge in [-0.1, -0.05) is 42.5 Å². The predicted molar refractivity (Wildman–Crippen MR) is 133 cm³/mol. The highest BCUT2D eigenvalue weighted by molar-refractivity contribution is 6.30. The fourth-order valence-corrected chi connectivity index (χ4v) is 3.80. The number of nitrogens with zero attached hydrogens (tertiary/aromatic N) is 2. The molecule has 2 N–H and O–H groups in total. The summed E-state index contributed by atoms with van der Waals surface area (Å²) in [4.78, 5) is 42.5. The summed E-state index contributed by atoms with van der Waals surface area (Å²) in [7, 11) is 0. The minimum atomic E-state index is -0.588. The molecule has 2 unspecified atom stereocenters. The molecule has 1 fully saturated rings. The van der Waals surface area contributed by atoms with Crippen LogP contribution in [0.3, 0.4) is 0 Å². The van der Waals surface area contributed by atoms with Gasteiger partial charge in [0.05, 0.1) is 12.6 Å². The Morgan fingerprint density at radius 3 is 2.80 bits per heavy atom. The van der Waals surface area contributed by atoms with Gasteiger partial charge in [-0.2, -0.15) is 0 Å². The monoisotopic (exact) mass is 498 g/mol. The van der Waals surface area contributed by atoms with Gasteiger partial charge in [-0.3, -0.25) is 14.5 Å². The Kier molecular flexibility index (Phi) is 8.86. The number of alkyl carbamates (subject to hydrolysis) is 1. The SMILES string of the molecule is C=CCOc1cccc(CC(NC(=O)c2cc(Cl)nc(N(CC=C)C(C)=O)c2)C2CNC(=O)O2)c1. The minimum absolute atomic E-state index is 0.0561.